The zero-order valence-corrected chi connectivity index (χ0v) is 7.73. The first-order chi connectivity index (χ1) is 5.74. The Morgan fingerprint density at radius 3 is 2.33 bits per heavy atom. The summed E-state index contributed by atoms with van der Waals surface area (Å²) in [6.07, 6.45) is 2.35. The molecule has 0 aliphatic heterocycles. The van der Waals surface area contributed by atoms with Gasteiger partial charge in [0.1, 0.15) is 10.3 Å². The molecule has 1 aromatic heterocycles. The second-order valence-electron chi connectivity index (χ2n) is 2.76. The quantitative estimate of drug-likeness (QED) is 0.751. The first kappa shape index (κ1) is 8.08. The van der Waals surface area contributed by atoms with Gasteiger partial charge in [0.2, 0.25) is 5.95 Å². The predicted octanol–water partition coefficient (Wildman–Crippen LogP) is 2.36. The Morgan fingerprint density at radius 1 is 1.25 bits per heavy atom. The maximum Gasteiger partial charge on any atom is 0.225 e. The first-order valence-corrected chi connectivity index (χ1v) is 4.46. The van der Waals surface area contributed by atoms with Gasteiger partial charge in [0.25, 0.3) is 0 Å². The van der Waals surface area contributed by atoms with Gasteiger partial charge in [-0.25, -0.2) is 9.97 Å². The van der Waals surface area contributed by atoms with Crippen LogP contribution in [0.15, 0.2) is 6.07 Å². The van der Waals surface area contributed by atoms with Crippen molar-refractivity contribution in [3.63, 3.8) is 0 Å². The molecule has 0 atom stereocenters. The molecule has 1 saturated carbocycles. The van der Waals surface area contributed by atoms with Gasteiger partial charge in [-0.1, -0.05) is 23.2 Å². The van der Waals surface area contributed by atoms with Gasteiger partial charge in [0.15, 0.2) is 0 Å². The van der Waals surface area contributed by atoms with Gasteiger partial charge in [-0.3, -0.25) is 0 Å². The van der Waals surface area contributed by atoms with E-state index in [0.29, 0.717) is 22.3 Å². The van der Waals surface area contributed by atoms with Crippen LogP contribution in [-0.2, 0) is 0 Å². The summed E-state index contributed by atoms with van der Waals surface area (Å²) < 4.78 is 0. The van der Waals surface area contributed by atoms with Crippen molar-refractivity contribution in [2.75, 3.05) is 5.32 Å². The average Bonchev–Trinajstić information content (AvgIpc) is 2.68. The van der Waals surface area contributed by atoms with Crippen molar-refractivity contribution < 1.29 is 0 Å². The van der Waals surface area contributed by atoms with Crippen LogP contribution in [0.25, 0.3) is 0 Å². The Kier molecular flexibility index (Phi) is 2.07. The zero-order valence-electron chi connectivity index (χ0n) is 6.22. The molecule has 1 heterocycles. The number of halogens is 2. The number of anilines is 1. The van der Waals surface area contributed by atoms with Crippen LogP contribution in [-0.4, -0.2) is 16.0 Å². The summed E-state index contributed by atoms with van der Waals surface area (Å²) in [5.74, 6) is 0.523. The van der Waals surface area contributed by atoms with Crippen molar-refractivity contribution >= 4 is 29.2 Å². The normalized spacial score (nSPS) is 16.2. The number of nitrogens with one attached hydrogen (secondary N) is 1. The highest BCUT2D eigenvalue weighted by atomic mass is 35.5. The van der Waals surface area contributed by atoms with Crippen molar-refractivity contribution in [1.82, 2.24) is 9.97 Å². The molecule has 64 valence electrons. The molecular formula is C7H7Cl2N3. The summed E-state index contributed by atoms with van der Waals surface area (Å²) in [7, 11) is 0. The van der Waals surface area contributed by atoms with Gasteiger partial charge in [0.05, 0.1) is 0 Å². The Morgan fingerprint density at radius 2 is 1.83 bits per heavy atom. The van der Waals surface area contributed by atoms with Crippen LogP contribution in [0.5, 0.6) is 0 Å². The van der Waals surface area contributed by atoms with Crippen molar-refractivity contribution in [3.05, 3.63) is 16.4 Å². The Balaban J connectivity index is 2.18. The zero-order chi connectivity index (χ0) is 8.55. The summed E-state index contributed by atoms with van der Waals surface area (Å²) in [4.78, 5) is 7.95. The predicted molar refractivity (Wildman–Crippen MR) is 48.7 cm³/mol. The average molecular weight is 204 g/mol. The van der Waals surface area contributed by atoms with Crippen LogP contribution in [0.1, 0.15) is 12.8 Å². The van der Waals surface area contributed by atoms with E-state index in [-0.39, 0.29) is 0 Å². The lowest BCUT2D eigenvalue weighted by Crippen LogP contribution is -2.05. The third-order valence-corrected chi connectivity index (χ3v) is 1.96. The smallest absolute Gasteiger partial charge is 0.225 e. The second-order valence-corrected chi connectivity index (χ2v) is 3.53. The van der Waals surface area contributed by atoms with Gasteiger partial charge in [-0.15, -0.1) is 0 Å². The third-order valence-electron chi connectivity index (χ3n) is 1.57. The number of nitrogens with zero attached hydrogens (tertiary/aromatic N) is 2. The minimum absolute atomic E-state index is 0.373. The van der Waals surface area contributed by atoms with E-state index in [0.717, 1.165) is 0 Å². The molecule has 0 radical (unpaired) electrons. The molecule has 12 heavy (non-hydrogen) atoms. The summed E-state index contributed by atoms with van der Waals surface area (Å²) in [6.45, 7) is 0. The van der Waals surface area contributed by atoms with E-state index in [2.05, 4.69) is 15.3 Å². The number of rotatable bonds is 2. The highest BCUT2D eigenvalue weighted by Crippen LogP contribution is 2.24. The Bertz CT molecular complexity index is 278. The van der Waals surface area contributed by atoms with Crippen LogP contribution >= 0.6 is 23.2 Å². The number of aromatic nitrogens is 2. The van der Waals surface area contributed by atoms with E-state index in [9.17, 15) is 0 Å². The molecule has 3 nitrogen and oxygen atoms in total. The topological polar surface area (TPSA) is 37.8 Å². The molecule has 0 spiro atoms. The standard InChI is InChI=1S/C7H7Cl2N3/c8-5-3-6(9)12-7(11-5)10-4-1-2-4/h3-4H,1-2H2,(H,10,11,12). The monoisotopic (exact) mass is 203 g/mol. The first-order valence-electron chi connectivity index (χ1n) is 3.70. The lowest BCUT2D eigenvalue weighted by molar-refractivity contribution is 1.05. The maximum absolute atomic E-state index is 5.68. The van der Waals surface area contributed by atoms with Crippen LogP contribution < -0.4 is 5.32 Å². The fraction of sp³-hybridized carbons (Fsp3) is 0.429. The number of hydrogen-bond acceptors (Lipinski definition) is 3. The van der Waals surface area contributed by atoms with Gasteiger partial charge >= 0.3 is 0 Å². The third kappa shape index (κ3) is 1.99. The highest BCUT2D eigenvalue weighted by Gasteiger charge is 2.22. The van der Waals surface area contributed by atoms with E-state index in [4.69, 9.17) is 23.2 Å². The molecule has 2 rings (SSSR count). The van der Waals surface area contributed by atoms with E-state index >= 15 is 0 Å². The maximum atomic E-state index is 5.68. The summed E-state index contributed by atoms with van der Waals surface area (Å²) in [5, 5.41) is 3.85. The fourth-order valence-electron chi connectivity index (χ4n) is 0.865. The summed E-state index contributed by atoms with van der Waals surface area (Å²) in [5.41, 5.74) is 0. The van der Waals surface area contributed by atoms with Crippen molar-refractivity contribution in [1.29, 1.82) is 0 Å². The van der Waals surface area contributed by atoms with Crippen molar-refractivity contribution in [2.45, 2.75) is 18.9 Å². The molecule has 5 heteroatoms. The fourth-order valence-corrected chi connectivity index (χ4v) is 1.29. The van der Waals surface area contributed by atoms with Gasteiger partial charge in [-0.05, 0) is 12.8 Å². The minimum atomic E-state index is 0.373. The van der Waals surface area contributed by atoms with Crippen LogP contribution in [0.4, 0.5) is 5.95 Å². The van der Waals surface area contributed by atoms with E-state index < -0.39 is 0 Å². The van der Waals surface area contributed by atoms with Crippen LogP contribution in [0, 0.1) is 0 Å². The van der Waals surface area contributed by atoms with Crippen LogP contribution in [0.3, 0.4) is 0 Å². The molecule has 1 N–H and O–H groups in total. The molecule has 1 fully saturated rings. The minimum Gasteiger partial charge on any atom is -0.351 e. The molecular weight excluding hydrogens is 197 g/mol. The molecule has 1 aliphatic rings. The van der Waals surface area contributed by atoms with E-state index in [1.54, 1.807) is 0 Å². The molecule has 0 amide bonds. The van der Waals surface area contributed by atoms with Crippen molar-refractivity contribution in [2.24, 2.45) is 0 Å². The van der Waals surface area contributed by atoms with E-state index in [1.165, 1.54) is 18.9 Å². The Hall–Kier alpha value is -0.540. The Labute approximate surface area is 80.1 Å². The number of hydrogen-bond donors (Lipinski definition) is 1. The van der Waals surface area contributed by atoms with Crippen LogP contribution in [0.2, 0.25) is 10.3 Å². The lowest BCUT2D eigenvalue weighted by atomic mass is 10.6. The molecule has 0 saturated heterocycles. The largest absolute Gasteiger partial charge is 0.351 e. The second kappa shape index (κ2) is 3.07. The van der Waals surface area contributed by atoms with Gasteiger partial charge in [0, 0.05) is 12.1 Å². The van der Waals surface area contributed by atoms with Gasteiger partial charge in [-0.2, -0.15) is 0 Å². The lowest BCUT2D eigenvalue weighted by Gasteiger charge is -2.01. The molecule has 0 aromatic carbocycles. The molecule has 1 aliphatic carbocycles. The van der Waals surface area contributed by atoms with Gasteiger partial charge < -0.3 is 5.32 Å². The summed E-state index contributed by atoms with van der Waals surface area (Å²) >= 11 is 11.4. The van der Waals surface area contributed by atoms with E-state index in [1.807, 2.05) is 0 Å². The highest BCUT2D eigenvalue weighted by molar-refractivity contribution is 6.33. The molecule has 0 unspecified atom stereocenters. The summed E-state index contributed by atoms with van der Waals surface area (Å²) in [6, 6.07) is 2.03. The molecule has 0 bridgehead atoms. The van der Waals surface area contributed by atoms with Crippen molar-refractivity contribution in [3.8, 4) is 0 Å². The SMILES string of the molecule is Clc1cc(Cl)nc(NC2CC2)n1. The molecule has 1 aromatic rings.